The Kier molecular flexibility index (Phi) is 3.85. The third-order valence-electron chi connectivity index (χ3n) is 2.82. The first-order valence-corrected chi connectivity index (χ1v) is 6.54. The summed E-state index contributed by atoms with van der Waals surface area (Å²) >= 11 is 3.40. The zero-order valence-corrected chi connectivity index (χ0v) is 12.2. The molecule has 0 bridgehead atoms. The van der Waals surface area contributed by atoms with Crippen LogP contribution in [0.15, 0.2) is 39.7 Å². The molecule has 0 radical (unpaired) electrons. The number of aryl methyl sites for hydroxylation is 1. The number of amides is 1. The summed E-state index contributed by atoms with van der Waals surface area (Å²) in [6.45, 7) is 3.65. The predicted octanol–water partition coefficient (Wildman–Crippen LogP) is 3.01. The van der Waals surface area contributed by atoms with Gasteiger partial charge in [0.25, 0.3) is 5.91 Å². The number of aromatic nitrogens is 1. The molecule has 98 valence electrons. The minimum Gasteiger partial charge on any atom is -0.364 e. The number of H-pyrrole nitrogens is 1. The van der Waals surface area contributed by atoms with Crippen LogP contribution in [0, 0.1) is 13.8 Å². The molecule has 0 saturated heterocycles. The van der Waals surface area contributed by atoms with Crippen molar-refractivity contribution >= 4 is 27.5 Å². The summed E-state index contributed by atoms with van der Waals surface area (Å²) in [4.78, 5) is 26.7. The third-order valence-corrected chi connectivity index (χ3v) is 3.68. The van der Waals surface area contributed by atoms with Crippen molar-refractivity contribution in [1.82, 2.24) is 4.98 Å². The van der Waals surface area contributed by atoms with Gasteiger partial charge in [-0.05, 0) is 31.5 Å². The molecule has 0 fully saturated rings. The monoisotopic (exact) mass is 320 g/mol. The maximum atomic E-state index is 12.1. The lowest BCUT2D eigenvalue weighted by atomic mass is 10.2. The molecule has 1 aromatic carbocycles. The molecule has 1 heterocycles. The van der Waals surface area contributed by atoms with Gasteiger partial charge in [0, 0.05) is 28.1 Å². The molecule has 0 saturated carbocycles. The van der Waals surface area contributed by atoms with E-state index in [1.54, 1.807) is 13.0 Å². The minimum absolute atomic E-state index is 0.102. The van der Waals surface area contributed by atoms with Gasteiger partial charge in [0.05, 0.1) is 0 Å². The summed E-state index contributed by atoms with van der Waals surface area (Å²) < 4.78 is 0.906. The summed E-state index contributed by atoms with van der Waals surface area (Å²) in [7, 11) is 0. The fourth-order valence-corrected chi connectivity index (χ4v) is 2.05. The highest BCUT2D eigenvalue weighted by Crippen LogP contribution is 2.23. The highest BCUT2D eigenvalue weighted by Gasteiger charge is 2.12. The number of halogens is 1. The summed E-state index contributed by atoms with van der Waals surface area (Å²) in [5, 5.41) is 2.74. The van der Waals surface area contributed by atoms with Gasteiger partial charge in [-0.2, -0.15) is 0 Å². The average Bonchev–Trinajstić information content (AvgIpc) is 2.34. The normalized spacial score (nSPS) is 10.3. The number of pyridine rings is 1. The number of carbonyl (C=O) groups excluding carboxylic acids is 1. The van der Waals surface area contributed by atoms with E-state index >= 15 is 0 Å². The van der Waals surface area contributed by atoms with Crippen LogP contribution >= 0.6 is 15.9 Å². The average molecular weight is 321 g/mol. The Morgan fingerprint density at radius 1 is 1.32 bits per heavy atom. The lowest BCUT2D eigenvalue weighted by Crippen LogP contribution is -2.21. The zero-order valence-electron chi connectivity index (χ0n) is 10.6. The summed E-state index contributed by atoms with van der Waals surface area (Å²) in [5.41, 5.74) is 2.13. The van der Waals surface area contributed by atoms with Crippen LogP contribution < -0.4 is 10.7 Å². The molecular weight excluding hydrogens is 308 g/mol. The Bertz CT molecular complexity index is 692. The Hall–Kier alpha value is -1.88. The van der Waals surface area contributed by atoms with Gasteiger partial charge in [-0.1, -0.05) is 22.0 Å². The SMILES string of the molecule is Cc1cc(=O)c(C(=O)Nc2cccc(Br)c2C)c[nH]1. The van der Waals surface area contributed by atoms with Crippen LogP contribution in [0.3, 0.4) is 0 Å². The van der Waals surface area contributed by atoms with Crippen LogP contribution in [0.1, 0.15) is 21.6 Å². The molecule has 0 spiro atoms. The van der Waals surface area contributed by atoms with E-state index in [1.165, 1.54) is 12.3 Å². The number of nitrogens with one attached hydrogen (secondary N) is 2. The minimum atomic E-state index is -0.414. The molecule has 2 N–H and O–H groups in total. The number of hydrogen-bond donors (Lipinski definition) is 2. The molecule has 2 aromatic rings. The molecule has 0 aliphatic heterocycles. The van der Waals surface area contributed by atoms with E-state index in [0.717, 1.165) is 15.7 Å². The van der Waals surface area contributed by atoms with Gasteiger partial charge in [0.2, 0.25) is 0 Å². The van der Waals surface area contributed by atoms with Crippen LogP contribution in [-0.4, -0.2) is 10.9 Å². The highest BCUT2D eigenvalue weighted by molar-refractivity contribution is 9.10. The van der Waals surface area contributed by atoms with E-state index in [9.17, 15) is 9.59 Å². The quantitative estimate of drug-likeness (QED) is 0.893. The molecule has 0 aliphatic carbocycles. The standard InChI is InChI=1S/C14H13BrN2O2/c1-8-6-13(18)10(7-16-8)14(19)17-12-5-3-4-11(15)9(12)2/h3-7H,1-2H3,(H,16,18)(H,17,19). The Morgan fingerprint density at radius 2 is 2.05 bits per heavy atom. The van der Waals surface area contributed by atoms with Gasteiger partial charge in [-0.25, -0.2) is 0 Å². The number of hydrogen-bond acceptors (Lipinski definition) is 2. The lowest BCUT2D eigenvalue weighted by molar-refractivity contribution is 0.102. The Morgan fingerprint density at radius 3 is 2.74 bits per heavy atom. The predicted molar refractivity (Wildman–Crippen MR) is 78.6 cm³/mol. The molecule has 4 nitrogen and oxygen atoms in total. The lowest BCUT2D eigenvalue weighted by Gasteiger charge is -2.09. The van der Waals surface area contributed by atoms with Crippen molar-refractivity contribution in [2.75, 3.05) is 5.32 Å². The van der Waals surface area contributed by atoms with Crippen molar-refractivity contribution in [3.8, 4) is 0 Å². The van der Waals surface area contributed by atoms with Gasteiger partial charge in [-0.3, -0.25) is 9.59 Å². The van der Waals surface area contributed by atoms with Crippen molar-refractivity contribution in [1.29, 1.82) is 0 Å². The number of anilines is 1. The largest absolute Gasteiger partial charge is 0.364 e. The van der Waals surface area contributed by atoms with Crippen molar-refractivity contribution in [3.05, 3.63) is 62.0 Å². The maximum Gasteiger partial charge on any atom is 0.261 e. The highest BCUT2D eigenvalue weighted by atomic mass is 79.9. The number of aromatic amines is 1. The zero-order chi connectivity index (χ0) is 14.0. The van der Waals surface area contributed by atoms with Crippen LogP contribution in [0.25, 0.3) is 0 Å². The van der Waals surface area contributed by atoms with Crippen molar-refractivity contribution in [2.45, 2.75) is 13.8 Å². The molecule has 19 heavy (non-hydrogen) atoms. The third kappa shape index (κ3) is 2.93. The molecule has 1 aromatic heterocycles. The van der Waals surface area contributed by atoms with Gasteiger partial charge >= 0.3 is 0 Å². The first-order chi connectivity index (χ1) is 8.99. The Balaban J connectivity index is 2.31. The number of benzene rings is 1. The van der Waals surface area contributed by atoms with E-state index < -0.39 is 5.91 Å². The molecular formula is C14H13BrN2O2. The fraction of sp³-hybridized carbons (Fsp3) is 0.143. The molecule has 0 atom stereocenters. The molecule has 2 rings (SSSR count). The van der Waals surface area contributed by atoms with Crippen molar-refractivity contribution in [2.24, 2.45) is 0 Å². The van der Waals surface area contributed by atoms with Gasteiger partial charge in [0.1, 0.15) is 5.56 Å². The van der Waals surface area contributed by atoms with Gasteiger partial charge < -0.3 is 10.3 Å². The van der Waals surface area contributed by atoms with Crippen LogP contribution in [0.2, 0.25) is 0 Å². The first kappa shape index (κ1) is 13.5. The number of rotatable bonds is 2. The number of carbonyl (C=O) groups is 1. The van der Waals surface area contributed by atoms with E-state index in [-0.39, 0.29) is 11.0 Å². The first-order valence-electron chi connectivity index (χ1n) is 5.75. The van der Waals surface area contributed by atoms with Crippen molar-refractivity contribution in [3.63, 3.8) is 0 Å². The van der Waals surface area contributed by atoms with Gasteiger partial charge in [0.15, 0.2) is 5.43 Å². The van der Waals surface area contributed by atoms with Crippen LogP contribution in [0.4, 0.5) is 5.69 Å². The Labute approximate surface area is 119 Å². The van der Waals surface area contributed by atoms with Crippen molar-refractivity contribution < 1.29 is 4.79 Å². The van der Waals surface area contributed by atoms with E-state index in [1.807, 2.05) is 19.1 Å². The fourth-order valence-electron chi connectivity index (χ4n) is 1.68. The second-order valence-corrected chi connectivity index (χ2v) is 5.11. The summed E-state index contributed by atoms with van der Waals surface area (Å²) in [6, 6.07) is 6.92. The van der Waals surface area contributed by atoms with Crippen LogP contribution in [0.5, 0.6) is 0 Å². The summed E-state index contributed by atoms with van der Waals surface area (Å²) in [6.07, 6.45) is 1.43. The van der Waals surface area contributed by atoms with Gasteiger partial charge in [-0.15, -0.1) is 0 Å². The topological polar surface area (TPSA) is 62.0 Å². The second-order valence-electron chi connectivity index (χ2n) is 4.26. The van der Waals surface area contributed by atoms with E-state index in [2.05, 4.69) is 26.2 Å². The molecule has 1 amide bonds. The van der Waals surface area contributed by atoms with Crippen LogP contribution in [-0.2, 0) is 0 Å². The summed E-state index contributed by atoms with van der Waals surface area (Å²) in [5.74, 6) is -0.414. The molecule has 5 heteroatoms. The smallest absolute Gasteiger partial charge is 0.261 e. The van der Waals surface area contributed by atoms with E-state index in [4.69, 9.17) is 0 Å². The second kappa shape index (κ2) is 5.40. The molecule has 0 unspecified atom stereocenters. The molecule has 0 aliphatic rings. The maximum absolute atomic E-state index is 12.1. The van der Waals surface area contributed by atoms with E-state index in [0.29, 0.717) is 5.69 Å².